The fourth-order valence-corrected chi connectivity index (χ4v) is 2.61. The van der Waals surface area contributed by atoms with Crippen LogP contribution in [0.25, 0.3) is 10.8 Å². The Hall–Kier alpha value is -2.85. The largest absolute Gasteiger partial charge is 0.481 e. The first kappa shape index (κ1) is 18.0. The van der Waals surface area contributed by atoms with Gasteiger partial charge < -0.3 is 4.74 Å². The fraction of sp³-hybridized carbons (Fsp3) is 0.143. The number of nitrogens with zero attached hydrogens (tertiary/aromatic N) is 1. The Balaban J connectivity index is 1.63. The highest BCUT2D eigenvalue weighted by Gasteiger charge is 2.14. The van der Waals surface area contributed by atoms with Crippen LogP contribution in [0.3, 0.4) is 0 Å². The van der Waals surface area contributed by atoms with E-state index >= 15 is 0 Å². The Kier molecular flexibility index (Phi) is 5.54. The zero-order valence-electron chi connectivity index (χ0n) is 14.6. The number of carbonyl (C=O) groups excluding carboxylic acids is 1. The molecule has 0 saturated heterocycles. The van der Waals surface area contributed by atoms with Crippen molar-refractivity contribution in [2.75, 3.05) is 0 Å². The summed E-state index contributed by atoms with van der Waals surface area (Å²) in [5.74, 6) is 0.330. The van der Waals surface area contributed by atoms with Gasteiger partial charge in [-0.25, -0.2) is 5.43 Å². The number of hydrogen-bond acceptors (Lipinski definition) is 3. The van der Waals surface area contributed by atoms with Gasteiger partial charge in [0.15, 0.2) is 6.10 Å². The molecule has 3 rings (SSSR count). The third kappa shape index (κ3) is 4.41. The Bertz CT molecular complexity index is 952. The maximum absolute atomic E-state index is 12.2. The molecule has 0 aliphatic heterocycles. The molecule has 0 heterocycles. The lowest BCUT2D eigenvalue weighted by Crippen LogP contribution is -2.33. The SMILES string of the molecule is CC(=NNC(=O)C(C)Oc1ccc2ccccc2c1)c1ccc(Cl)cc1. The summed E-state index contributed by atoms with van der Waals surface area (Å²) in [6, 6.07) is 21.0. The molecule has 0 bridgehead atoms. The zero-order chi connectivity index (χ0) is 18.5. The van der Waals surface area contributed by atoms with E-state index < -0.39 is 6.10 Å². The highest BCUT2D eigenvalue weighted by Crippen LogP contribution is 2.21. The summed E-state index contributed by atoms with van der Waals surface area (Å²) in [6.45, 7) is 3.51. The van der Waals surface area contributed by atoms with Gasteiger partial charge >= 0.3 is 0 Å². The Morgan fingerprint density at radius 2 is 1.73 bits per heavy atom. The molecule has 132 valence electrons. The summed E-state index contributed by atoms with van der Waals surface area (Å²) in [4.78, 5) is 12.2. The molecule has 3 aromatic rings. The van der Waals surface area contributed by atoms with Crippen molar-refractivity contribution in [1.82, 2.24) is 5.43 Å². The summed E-state index contributed by atoms with van der Waals surface area (Å²) >= 11 is 5.87. The second kappa shape index (κ2) is 8.02. The second-order valence-corrected chi connectivity index (χ2v) is 6.39. The molecule has 26 heavy (non-hydrogen) atoms. The highest BCUT2D eigenvalue weighted by molar-refractivity contribution is 6.30. The van der Waals surface area contributed by atoms with Crippen LogP contribution in [0.4, 0.5) is 0 Å². The third-order valence-corrected chi connectivity index (χ3v) is 4.25. The van der Waals surface area contributed by atoms with Gasteiger partial charge in [0.05, 0.1) is 5.71 Å². The molecule has 0 radical (unpaired) electrons. The predicted octanol–water partition coefficient (Wildman–Crippen LogP) is 4.80. The standard InChI is InChI=1S/C21H19ClN2O2/c1-14(16-7-10-19(22)11-8-16)23-24-21(25)15(2)26-20-12-9-17-5-3-4-6-18(17)13-20/h3-13,15H,1-2H3,(H,24,25). The van der Waals surface area contributed by atoms with Gasteiger partial charge in [-0.3, -0.25) is 4.79 Å². The summed E-state index contributed by atoms with van der Waals surface area (Å²) < 4.78 is 5.74. The summed E-state index contributed by atoms with van der Waals surface area (Å²) in [6.07, 6.45) is -0.669. The van der Waals surface area contributed by atoms with Gasteiger partial charge in [-0.1, -0.05) is 54.1 Å². The summed E-state index contributed by atoms with van der Waals surface area (Å²) in [7, 11) is 0. The van der Waals surface area contributed by atoms with Gasteiger partial charge in [0.1, 0.15) is 5.75 Å². The van der Waals surface area contributed by atoms with Crippen LogP contribution < -0.4 is 10.2 Å². The lowest BCUT2D eigenvalue weighted by Gasteiger charge is -2.14. The van der Waals surface area contributed by atoms with E-state index in [0.717, 1.165) is 16.3 Å². The normalized spacial score (nSPS) is 12.7. The number of amides is 1. The second-order valence-electron chi connectivity index (χ2n) is 5.95. The van der Waals surface area contributed by atoms with Crippen LogP contribution >= 0.6 is 11.6 Å². The summed E-state index contributed by atoms with van der Waals surface area (Å²) in [5.41, 5.74) is 4.12. The molecule has 0 saturated carbocycles. The number of benzene rings is 3. The quantitative estimate of drug-likeness (QED) is 0.520. The van der Waals surface area contributed by atoms with Crippen LogP contribution in [0.15, 0.2) is 71.8 Å². The Morgan fingerprint density at radius 1 is 1.04 bits per heavy atom. The van der Waals surface area contributed by atoms with Crippen molar-refractivity contribution in [1.29, 1.82) is 0 Å². The molecule has 1 atom stereocenters. The molecule has 4 nitrogen and oxygen atoms in total. The van der Waals surface area contributed by atoms with E-state index in [9.17, 15) is 4.79 Å². The molecular formula is C21H19ClN2O2. The lowest BCUT2D eigenvalue weighted by molar-refractivity contribution is -0.127. The number of carbonyl (C=O) groups is 1. The van der Waals surface area contributed by atoms with Crippen molar-refractivity contribution < 1.29 is 9.53 Å². The van der Waals surface area contributed by atoms with E-state index in [1.807, 2.05) is 61.5 Å². The smallest absolute Gasteiger partial charge is 0.280 e. The predicted molar refractivity (Wildman–Crippen MR) is 106 cm³/mol. The Morgan fingerprint density at radius 3 is 2.46 bits per heavy atom. The minimum absolute atomic E-state index is 0.313. The molecule has 3 aromatic carbocycles. The van der Waals surface area contributed by atoms with E-state index in [2.05, 4.69) is 10.5 Å². The number of halogens is 1. The Labute approximate surface area is 157 Å². The zero-order valence-corrected chi connectivity index (χ0v) is 15.3. The summed E-state index contributed by atoms with van der Waals surface area (Å²) in [5, 5.41) is 6.98. The van der Waals surface area contributed by atoms with Crippen molar-refractivity contribution in [2.45, 2.75) is 20.0 Å². The molecule has 1 amide bonds. The number of hydrogen-bond donors (Lipinski definition) is 1. The van der Waals surface area contributed by atoms with Crippen LogP contribution in [-0.4, -0.2) is 17.7 Å². The van der Waals surface area contributed by atoms with Gasteiger partial charge in [0.25, 0.3) is 5.91 Å². The molecule has 0 fully saturated rings. The maximum atomic E-state index is 12.2. The van der Waals surface area contributed by atoms with E-state index in [1.165, 1.54) is 0 Å². The van der Waals surface area contributed by atoms with Crippen molar-refractivity contribution in [3.63, 3.8) is 0 Å². The van der Waals surface area contributed by atoms with Gasteiger partial charge in [-0.2, -0.15) is 5.10 Å². The van der Waals surface area contributed by atoms with E-state index in [0.29, 0.717) is 16.5 Å². The molecular weight excluding hydrogens is 348 g/mol. The van der Waals surface area contributed by atoms with Gasteiger partial charge in [0, 0.05) is 5.02 Å². The van der Waals surface area contributed by atoms with Crippen molar-refractivity contribution in [3.05, 3.63) is 77.3 Å². The highest BCUT2D eigenvalue weighted by atomic mass is 35.5. The fourth-order valence-electron chi connectivity index (χ4n) is 2.48. The number of rotatable bonds is 5. The molecule has 0 spiro atoms. The van der Waals surface area contributed by atoms with Crippen molar-refractivity contribution >= 4 is 34.0 Å². The van der Waals surface area contributed by atoms with Crippen LogP contribution in [-0.2, 0) is 4.79 Å². The van der Waals surface area contributed by atoms with Crippen LogP contribution in [0, 0.1) is 0 Å². The lowest BCUT2D eigenvalue weighted by atomic mass is 10.1. The van der Waals surface area contributed by atoms with Gasteiger partial charge in [-0.05, 0) is 54.4 Å². The molecule has 1 unspecified atom stereocenters. The maximum Gasteiger partial charge on any atom is 0.280 e. The number of hydrazone groups is 1. The number of ether oxygens (including phenoxy) is 1. The van der Waals surface area contributed by atoms with Gasteiger partial charge in [0.2, 0.25) is 0 Å². The monoisotopic (exact) mass is 366 g/mol. The van der Waals surface area contributed by atoms with Crippen LogP contribution in [0.2, 0.25) is 5.02 Å². The average molecular weight is 367 g/mol. The molecule has 0 aliphatic rings. The first-order valence-electron chi connectivity index (χ1n) is 8.28. The minimum Gasteiger partial charge on any atom is -0.481 e. The third-order valence-electron chi connectivity index (χ3n) is 4.00. The topological polar surface area (TPSA) is 50.7 Å². The molecule has 0 aliphatic carbocycles. The van der Waals surface area contributed by atoms with E-state index in [4.69, 9.17) is 16.3 Å². The first-order chi connectivity index (χ1) is 12.5. The molecule has 5 heteroatoms. The number of fused-ring (bicyclic) bond motifs is 1. The number of nitrogens with one attached hydrogen (secondary N) is 1. The van der Waals surface area contributed by atoms with Crippen molar-refractivity contribution in [2.24, 2.45) is 5.10 Å². The van der Waals surface area contributed by atoms with Crippen molar-refractivity contribution in [3.8, 4) is 5.75 Å². The van der Waals surface area contributed by atoms with E-state index in [1.54, 1.807) is 19.1 Å². The molecule has 0 aromatic heterocycles. The van der Waals surface area contributed by atoms with Crippen LogP contribution in [0.5, 0.6) is 5.75 Å². The molecule has 1 N–H and O–H groups in total. The van der Waals surface area contributed by atoms with E-state index in [-0.39, 0.29) is 5.91 Å². The average Bonchev–Trinajstić information content (AvgIpc) is 2.66. The minimum atomic E-state index is -0.669. The van der Waals surface area contributed by atoms with Gasteiger partial charge in [-0.15, -0.1) is 0 Å². The van der Waals surface area contributed by atoms with Crippen LogP contribution in [0.1, 0.15) is 19.4 Å². The first-order valence-corrected chi connectivity index (χ1v) is 8.66.